The van der Waals surface area contributed by atoms with Crippen LogP contribution in [0.25, 0.3) is 0 Å². The van der Waals surface area contributed by atoms with E-state index in [4.69, 9.17) is 0 Å². The molecular weight excluding hydrogens is 260 g/mol. The molecule has 1 aromatic rings. The third kappa shape index (κ3) is 2.73. The van der Waals surface area contributed by atoms with Crippen molar-refractivity contribution >= 4 is 11.6 Å². The average molecular weight is 282 g/mol. The van der Waals surface area contributed by atoms with Crippen molar-refractivity contribution in [3.63, 3.8) is 0 Å². The first-order valence-corrected chi connectivity index (χ1v) is 7.62. The third-order valence-electron chi connectivity index (χ3n) is 4.54. The standard InChI is InChI=1S/C18H22N2O/c1-14-6-5-9-17(15(14)2)19-10-12-20(13-11-19)18(21)16-7-3-4-8-16/h3-9,16H,10-13H2,1-2H3. The Morgan fingerprint density at radius 3 is 2.38 bits per heavy atom. The van der Waals surface area contributed by atoms with Gasteiger partial charge in [0, 0.05) is 31.9 Å². The summed E-state index contributed by atoms with van der Waals surface area (Å²) in [4.78, 5) is 16.8. The molecule has 0 spiro atoms. The zero-order valence-electron chi connectivity index (χ0n) is 12.7. The second-order valence-corrected chi connectivity index (χ2v) is 5.83. The third-order valence-corrected chi connectivity index (χ3v) is 4.54. The van der Waals surface area contributed by atoms with Crippen LogP contribution in [-0.4, -0.2) is 37.0 Å². The summed E-state index contributed by atoms with van der Waals surface area (Å²) in [5, 5.41) is 0. The molecule has 0 saturated carbocycles. The fourth-order valence-electron chi connectivity index (χ4n) is 3.05. The zero-order chi connectivity index (χ0) is 14.8. The van der Waals surface area contributed by atoms with Crippen LogP contribution in [0.5, 0.6) is 0 Å². The van der Waals surface area contributed by atoms with E-state index in [9.17, 15) is 4.79 Å². The van der Waals surface area contributed by atoms with Crippen molar-refractivity contribution in [2.45, 2.75) is 13.8 Å². The lowest BCUT2D eigenvalue weighted by Gasteiger charge is -2.37. The second kappa shape index (κ2) is 5.76. The zero-order valence-corrected chi connectivity index (χ0v) is 12.7. The molecule has 1 heterocycles. The van der Waals surface area contributed by atoms with Crippen molar-refractivity contribution < 1.29 is 4.79 Å². The SMILES string of the molecule is Cc1cccc(N2CCN(C(=O)C3C=CC=C3)CC2)c1C. The highest BCUT2D eigenvalue weighted by Gasteiger charge is 2.26. The summed E-state index contributed by atoms with van der Waals surface area (Å²) in [6.07, 6.45) is 7.85. The minimum Gasteiger partial charge on any atom is -0.368 e. The number of amides is 1. The number of carbonyl (C=O) groups is 1. The Morgan fingerprint density at radius 2 is 1.71 bits per heavy atom. The Bertz CT molecular complexity index is 583. The molecule has 1 aliphatic heterocycles. The van der Waals surface area contributed by atoms with Gasteiger partial charge in [-0.1, -0.05) is 36.4 Å². The first-order chi connectivity index (χ1) is 10.2. The molecule has 110 valence electrons. The van der Waals surface area contributed by atoms with Crippen LogP contribution in [0.15, 0.2) is 42.5 Å². The average Bonchev–Trinajstić information content (AvgIpc) is 3.04. The van der Waals surface area contributed by atoms with Gasteiger partial charge in [0.25, 0.3) is 0 Å². The highest BCUT2D eigenvalue weighted by molar-refractivity contribution is 5.83. The van der Waals surface area contributed by atoms with Gasteiger partial charge in [-0.3, -0.25) is 4.79 Å². The van der Waals surface area contributed by atoms with E-state index in [0.717, 1.165) is 26.2 Å². The van der Waals surface area contributed by atoms with Gasteiger partial charge in [0.05, 0.1) is 5.92 Å². The quantitative estimate of drug-likeness (QED) is 0.832. The number of hydrogen-bond acceptors (Lipinski definition) is 2. The van der Waals surface area contributed by atoms with Crippen molar-refractivity contribution in [2.75, 3.05) is 31.1 Å². The molecular formula is C18H22N2O. The van der Waals surface area contributed by atoms with Crippen molar-refractivity contribution in [2.24, 2.45) is 5.92 Å². The summed E-state index contributed by atoms with van der Waals surface area (Å²) >= 11 is 0. The van der Waals surface area contributed by atoms with Gasteiger partial charge in [-0.2, -0.15) is 0 Å². The molecule has 1 aliphatic carbocycles. The van der Waals surface area contributed by atoms with Gasteiger partial charge >= 0.3 is 0 Å². The molecule has 1 aromatic carbocycles. The minimum atomic E-state index is -0.0442. The van der Waals surface area contributed by atoms with Crippen molar-refractivity contribution in [1.82, 2.24) is 4.90 Å². The molecule has 2 aliphatic rings. The first-order valence-electron chi connectivity index (χ1n) is 7.62. The number of rotatable bonds is 2. The molecule has 0 unspecified atom stereocenters. The summed E-state index contributed by atoms with van der Waals surface area (Å²) in [6, 6.07) is 6.45. The van der Waals surface area contributed by atoms with Crippen LogP contribution in [0.2, 0.25) is 0 Å². The molecule has 0 radical (unpaired) electrons. The minimum absolute atomic E-state index is 0.0442. The van der Waals surface area contributed by atoms with Gasteiger partial charge in [-0.25, -0.2) is 0 Å². The molecule has 0 N–H and O–H groups in total. The van der Waals surface area contributed by atoms with E-state index in [1.165, 1.54) is 16.8 Å². The predicted molar refractivity (Wildman–Crippen MR) is 86.5 cm³/mol. The lowest BCUT2D eigenvalue weighted by atomic mass is 10.1. The molecule has 3 heteroatoms. The van der Waals surface area contributed by atoms with Crippen LogP contribution in [0.1, 0.15) is 11.1 Å². The van der Waals surface area contributed by atoms with E-state index in [2.05, 4.69) is 36.9 Å². The van der Waals surface area contributed by atoms with Crippen LogP contribution >= 0.6 is 0 Å². The van der Waals surface area contributed by atoms with Gasteiger partial charge in [0.15, 0.2) is 0 Å². The maximum atomic E-state index is 12.4. The molecule has 0 bridgehead atoms. The highest BCUT2D eigenvalue weighted by Crippen LogP contribution is 2.24. The highest BCUT2D eigenvalue weighted by atomic mass is 16.2. The summed E-state index contributed by atoms with van der Waals surface area (Å²) in [6.45, 7) is 7.77. The Balaban J connectivity index is 1.65. The number of benzene rings is 1. The number of allylic oxidation sites excluding steroid dienone is 2. The van der Waals surface area contributed by atoms with Gasteiger partial charge in [0.2, 0.25) is 5.91 Å². The Morgan fingerprint density at radius 1 is 1.05 bits per heavy atom. The van der Waals surface area contributed by atoms with E-state index < -0.39 is 0 Å². The Kier molecular flexibility index (Phi) is 3.82. The Hall–Kier alpha value is -2.03. The van der Waals surface area contributed by atoms with Crippen molar-refractivity contribution in [3.8, 4) is 0 Å². The number of nitrogens with zero attached hydrogens (tertiary/aromatic N) is 2. The topological polar surface area (TPSA) is 23.6 Å². The molecule has 1 amide bonds. The fourth-order valence-corrected chi connectivity index (χ4v) is 3.05. The van der Waals surface area contributed by atoms with E-state index >= 15 is 0 Å². The molecule has 1 fully saturated rings. The fraction of sp³-hybridized carbons (Fsp3) is 0.389. The maximum absolute atomic E-state index is 12.4. The van der Waals surface area contributed by atoms with Crippen LogP contribution < -0.4 is 4.90 Å². The molecule has 1 saturated heterocycles. The van der Waals surface area contributed by atoms with Gasteiger partial charge in [0.1, 0.15) is 0 Å². The maximum Gasteiger partial charge on any atom is 0.233 e. The normalized spacial score (nSPS) is 18.6. The predicted octanol–water partition coefficient (Wildman–Crippen LogP) is 2.69. The molecule has 3 rings (SSSR count). The summed E-state index contributed by atoms with van der Waals surface area (Å²) in [7, 11) is 0. The van der Waals surface area contributed by atoms with Gasteiger partial charge in [-0.05, 0) is 31.0 Å². The van der Waals surface area contributed by atoms with E-state index in [0.29, 0.717) is 0 Å². The first kappa shape index (κ1) is 13.9. The monoisotopic (exact) mass is 282 g/mol. The number of hydrogen-bond donors (Lipinski definition) is 0. The summed E-state index contributed by atoms with van der Waals surface area (Å²) in [5.41, 5.74) is 3.98. The van der Waals surface area contributed by atoms with E-state index in [1.807, 2.05) is 29.2 Å². The van der Waals surface area contributed by atoms with Gasteiger partial charge in [-0.15, -0.1) is 0 Å². The molecule has 0 aromatic heterocycles. The van der Waals surface area contributed by atoms with Crippen LogP contribution in [0, 0.1) is 19.8 Å². The summed E-state index contributed by atoms with van der Waals surface area (Å²) < 4.78 is 0. The lowest BCUT2D eigenvalue weighted by molar-refractivity contribution is -0.132. The number of piperazine rings is 1. The number of carbonyl (C=O) groups excluding carboxylic acids is 1. The summed E-state index contributed by atoms with van der Waals surface area (Å²) in [5.74, 6) is 0.192. The molecule has 21 heavy (non-hydrogen) atoms. The smallest absolute Gasteiger partial charge is 0.233 e. The lowest BCUT2D eigenvalue weighted by Crippen LogP contribution is -2.50. The van der Waals surface area contributed by atoms with Gasteiger partial charge < -0.3 is 9.80 Å². The molecule has 0 atom stereocenters. The Labute approximate surface area is 126 Å². The van der Waals surface area contributed by atoms with E-state index in [1.54, 1.807) is 0 Å². The largest absolute Gasteiger partial charge is 0.368 e. The molecule has 3 nitrogen and oxygen atoms in total. The van der Waals surface area contributed by atoms with Crippen LogP contribution in [-0.2, 0) is 4.79 Å². The van der Waals surface area contributed by atoms with E-state index in [-0.39, 0.29) is 11.8 Å². The number of aryl methyl sites for hydroxylation is 1. The second-order valence-electron chi connectivity index (χ2n) is 5.83. The van der Waals surface area contributed by atoms with Crippen molar-refractivity contribution in [1.29, 1.82) is 0 Å². The van der Waals surface area contributed by atoms with Crippen LogP contribution in [0.4, 0.5) is 5.69 Å². The van der Waals surface area contributed by atoms with Crippen molar-refractivity contribution in [3.05, 3.63) is 53.6 Å². The van der Waals surface area contributed by atoms with Crippen LogP contribution in [0.3, 0.4) is 0 Å². The number of anilines is 1.